The van der Waals surface area contributed by atoms with Crippen molar-refractivity contribution in [3.05, 3.63) is 17.3 Å². The summed E-state index contributed by atoms with van der Waals surface area (Å²) in [7, 11) is 0. The molecule has 14 heavy (non-hydrogen) atoms. The molecule has 3 nitrogen and oxygen atoms in total. The van der Waals surface area contributed by atoms with Gasteiger partial charge in [-0.05, 0) is 25.1 Å². The van der Waals surface area contributed by atoms with Gasteiger partial charge in [-0.25, -0.2) is 0 Å². The van der Waals surface area contributed by atoms with Gasteiger partial charge in [-0.1, -0.05) is 23.4 Å². The van der Waals surface area contributed by atoms with Crippen LogP contribution in [0.3, 0.4) is 0 Å². The molecule has 1 aliphatic rings. The molecular formula is C8H11Cl2N3S. The number of thioether (sulfide) groups is 1. The molecular weight excluding hydrogens is 241 g/mol. The second-order valence-corrected chi connectivity index (χ2v) is 4.63. The smallest absolute Gasteiger partial charge is 0.151 e. The van der Waals surface area contributed by atoms with Crippen LogP contribution < -0.4 is 5.32 Å². The first-order valence-corrected chi connectivity index (χ1v) is 5.47. The highest BCUT2D eigenvalue weighted by molar-refractivity contribution is 7.99. The van der Waals surface area contributed by atoms with E-state index in [0.29, 0.717) is 10.4 Å². The number of aromatic nitrogens is 2. The summed E-state index contributed by atoms with van der Waals surface area (Å²) in [5, 5.41) is 13.1. The Morgan fingerprint density at radius 1 is 1.43 bits per heavy atom. The lowest BCUT2D eigenvalue weighted by atomic mass is 10.4. The van der Waals surface area contributed by atoms with E-state index in [4.69, 9.17) is 11.6 Å². The molecule has 1 aromatic heterocycles. The Morgan fingerprint density at radius 2 is 2.29 bits per heavy atom. The first-order valence-electron chi connectivity index (χ1n) is 4.21. The van der Waals surface area contributed by atoms with E-state index in [9.17, 15) is 0 Å². The van der Waals surface area contributed by atoms with Crippen LogP contribution in [0.5, 0.6) is 0 Å². The monoisotopic (exact) mass is 251 g/mol. The minimum absolute atomic E-state index is 0. The first-order chi connectivity index (χ1) is 6.34. The minimum atomic E-state index is 0. The maximum absolute atomic E-state index is 5.63. The quantitative estimate of drug-likeness (QED) is 0.873. The van der Waals surface area contributed by atoms with Gasteiger partial charge >= 0.3 is 0 Å². The molecule has 1 aromatic rings. The van der Waals surface area contributed by atoms with Crippen molar-refractivity contribution in [2.75, 3.05) is 13.1 Å². The largest absolute Gasteiger partial charge is 0.316 e. The summed E-state index contributed by atoms with van der Waals surface area (Å²) in [6, 6.07) is 3.69. The van der Waals surface area contributed by atoms with Crippen molar-refractivity contribution < 1.29 is 0 Å². The Morgan fingerprint density at radius 3 is 2.86 bits per heavy atom. The fraction of sp³-hybridized carbons (Fsp3) is 0.500. The van der Waals surface area contributed by atoms with Gasteiger partial charge < -0.3 is 5.32 Å². The lowest BCUT2D eigenvalue weighted by molar-refractivity contribution is 0.857. The summed E-state index contributed by atoms with van der Waals surface area (Å²) in [4.78, 5) is 0. The van der Waals surface area contributed by atoms with E-state index in [-0.39, 0.29) is 12.4 Å². The van der Waals surface area contributed by atoms with Crippen LogP contribution in [0.25, 0.3) is 0 Å². The third-order valence-corrected chi connectivity index (χ3v) is 3.31. The van der Waals surface area contributed by atoms with Gasteiger partial charge in [0.05, 0.1) is 0 Å². The number of rotatable bonds is 2. The molecule has 0 aliphatic carbocycles. The molecule has 0 radical (unpaired) electrons. The molecule has 1 unspecified atom stereocenters. The van der Waals surface area contributed by atoms with Crippen molar-refractivity contribution in [2.45, 2.75) is 16.7 Å². The van der Waals surface area contributed by atoms with Gasteiger partial charge in [-0.15, -0.1) is 22.6 Å². The predicted octanol–water partition coefficient (Wildman–Crippen LogP) is 2.01. The van der Waals surface area contributed by atoms with Gasteiger partial charge in [0.1, 0.15) is 5.03 Å². The highest BCUT2D eigenvalue weighted by Crippen LogP contribution is 2.24. The number of halogens is 2. The normalized spacial score (nSPS) is 20.5. The van der Waals surface area contributed by atoms with E-state index in [1.54, 1.807) is 17.8 Å². The van der Waals surface area contributed by atoms with Crippen LogP contribution in [0.15, 0.2) is 17.2 Å². The molecule has 1 fully saturated rings. The van der Waals surface area contributed by atoms with E-state index >= 15 is 0 Å². The molecule has 2 heterocycles. The average Bonchev–Trinajstić information content (AvgIpc) is 2.62. The van der Waals surface area contributed by atoms with E-state index in [0.717, 1.165) is 18.1 Å². The van der Waals surface area contributed by atoms with Crippen molar-refractivity contribution in [1.82, 2.24) is 15.5 Å². The Hall–Kier alpha value is -0.0300. The van der Waals surface area contributed by atoms with Crippen molar-refractivity contribution in [3.63, 3.8) is 0 Å². The molecule has 0 bridgehead atoms. The highest BCUT2D eigenvalue weighted by Gasteiger charge is 2.16. The number of hydrogen-bond donors (Lipinski definition) is 1. The van der Waals surface area contributed by atoms with Crippen molar-refractivity contribution in [1.29, 1.82) is 0 Å². The molecule has 2 rings (SSSR count). The summed E-state index contributed by atoms with van der Waals surface area (Å²) in [5.74, 6) is 0. The highest BCUT2D eigenvalue weighted by atomic mass is 35.5. The van der Waals surface area contributed by atoms with E-state index in [1.807, 2.05) is 6.07 Å². The standard InChI is InChI=1S/C8H10ClN3S.ClH/c9-7-1-2-8(12-11-7)13-6-3-4-10-5-6;/h1-2,6,10H,3-5H2;1H. The van der Waals surface area contributed by atoms with E-state index in [2.05, 4.69) is 15.5 Å². The molecule has 1 atom stereocenters. The molecule has 6 heteroatoms. The molecule has 0 aromatic carbocycles. The fourth-order valence-corrected chi connectivity index (χ4v) is 2.38. The average molecular weight is 252 g/mol. The van der Waals surface area contributed by atoms with Crippen LogP contribution in [0.4, 0.5) is 0 Å². The topological polar surface area (TPSA) is 37.8 Å². The summed E-state index contributed by atoms with van der Waals surface area (Å²) in [6.07, 6.45) is 1.20. The van der Waals surface area contributed by atoms with Crippen LogP contribution in [-0.2, 0) is 0 Å². The van der Waals surface area contributed by atoms with Gasteiger partial charge in [-0.3, -0.25) is 0 Å². The maximum Gasteiger partial charge on any atom is 0.151 e. The Bertz CT molecular complexity index is 274. The zero-order valence-corrected chi connectivity index (χ0v) is 9.83. The Balaban J connectivity index is 0.000000980. The molecule has 1 aliphatic heterocycles. The SMILES string of the molecule is Cl.Clc1ccc(SC2CCNC2)nn1. The van der Waals surface area contributed by atoms with Crippen LogP contribution in [0.2, 0.25) is 5.15 Å². The minimum Gasteiger partial charge on any atom is -0.316 e. The van der Waals surface area contributed by atoms with Crippen LogP contribution >= 0.6 is 35.8 Å². The van der Waals surface area contributed by atoms with Crippen molar-refractivity contribution >= 4 is 35.8 Å². The third-order valence-electron chi connectivity index (χ3n) is 1.91. The zero-order chi connectivity index (χ0) is 9.10. The van der Waals surface area contributed by atoms with Crippen molar-refractivity contribution in [3.8, 4) is 0 Å². The second kappa shape index (κ2) is 5.75. The van der Waals surface area contributed by atoms with Gasteiger partial charge in [0.15, 0.2) is 5.15 Å². The lowest BCUT2D eigenvalue weighted by Crippen LogP contribution is -2.10. The number of nitrogens with one attached hydrogen (secondary N) is 1. The van der Waals surface area contributed by atoms with Crippen LogP contribution in [0.1, 0.15) is 6.42 Å². The fourth-order valence-electron chi connectivity index (χ4n) is 1.27. The summed E-state index contributed by atoms with van der Waals surface area (Å²) in [5.41, 5.74) is 0. The van der Waals surface area contributed by atoms with Gasteiger partial charge in [0.25, 0.3) is 0 Å². The van der Waals surface area contributed by atoms with Gasteiger partial charge in [0.2, 0.25) is 0 Å². The molecule has 1 N–H and O–H groups in total. The number of nitrogens with zero attached hydrogens (tertiary/aromatic N) is 2. The third kappa shape index (κ3) is 3.28. The summed E-state index contributed by atoms with van der Waals surface area (Å²) >= 11 is 7.40. The summed E-state index contributed by atoms with van der Waals surface area (Å²) < 4.78 is 0. The molecule has 1 saturated heterocycles. The second-order valence-electron chi connectivity index (χ2n) is 2.93. The van der Waals surface area contributed by atoms with Crippen LogP contribution in [0, 0.1) is 0 Å². The Kier molecular flexibility index (Phi) is 4.95. The molecule has 0 saturated carbocycles. The van der Waals surface area contributed by atoms with Gasteiger partial charge in [0, 0.05) is 11.8 Å². The molecule has 78 valence electrons. The molecule has 0 spiro atoms. The first kappa shape index (κ1) is 12.0. The maximum atomic E-state index is 5.63. The lowest BCUT2D eigenvalue weighted by Gasteiger charge is -2.05. The zero-order valence-electron chi connectivity index (χ0n) is 7.44. The van der Waals surface area contributed by atoms with Crippen LogP contribution in [-0.4, -0.2) is 28.5 Å². The van der Waals surface area contributed by atoms with E-state index < -0.39 is 0 Å². The molecule has 0 amide bonds. The predicted molar refractivity (Wildman–Crippen MR) is 61.4 cm³/mol. The number of hydrogen-bond acceptors (Lipinski definition) is 4. The van der Waals surface area contributed by atoms with E-state index in [1.165, 1.54) is 6.42 Å². The van der Waals surface area contributed by atoms with Crippen molar-refractivity contribution in [2.24, 2.45) is 0 Å². The summed E-state index contributed by atoms with van der Waals surface area (Å²) in [6.45, 7) is 2.17. The Labute approximate surface area is 98.4 Å². The van der Waals surface area contributed by atoms with Gasteiger partial charge in [-0.2, -0.15) is 0 Å².